The fourth-order valence-corrected chi connectivity index (χ4v) is 4.32. The fourth-order valence-electron chi connectivity index (χ4n) is 3.68. The topological polar surface area (TPSA) is 46.8 Å². The van der Waals surface area contributed by atoms with Crippen LogP contribution in [0.2, 0.25) is 0 Å². The lowest BCUT2D eigenvalue weighted by Gasteiger charge is -2.34. The van der Waals surface area contributed by atoms with Crippen molar-refractivity contribution in [3.63, 3.8) is 0 Å². The largest absolute Gasteiger partial charge is 0.356 e. The van der Waals surface area contributed by atoms with Crippen LogP contribution in [-0.4, -0.2) is 32.6 Å². The number of hydrogen-bond donors (Lipinski definition) is 0. The van der Waals surface area contributed by atoms with E-state index < -0.39 is 0 Å². The van der Waals surface area contributed by atoms with Gasteiger partial charge in [0.1, 0.15) is 5.82 Å². The number of nitrogens with zero attached hydrogens (tertiary/aromatic N) is 5. The molecule has 3 aromatic heterocycles. The normalized spacial score (nSPS) is 15.6. The van der Waals surface area contributed by atoms with Crippen molar-refractivity contribution in [1.82, 2.24) is 19.5 Å². The maximum Gasteiger partial charge on any atom is 0.162 e. The molecule has 0 saturated carbocycles. The molecule has 26 heavy (non-hydrogen) atoms. The van der Waals surface area contributed by atoms with Crippen molar-refractivity contribution in [3.05, 3.63) is 59.8 Å². The number of imidazole rings is 1. The molecule has 0 atom stereocenters. The predicted molar refractivity (Wildman–Crippen MR) is 106 cm³/mol. The zero-order valence-corrected chi connectivity index (χ0v) is 15.1. The number of piperidine rings is 1. The molecule has 0 N–H and O–H groups in total. The van der Waals surface area contributed by atoms with Gasteiger partial charge in [0, 0.05) is 47.9 Å². The Hall–Kier alpha value is -2.73. The molecule has 0 amide bonds. The number of rotatable bonds is 3. The molecular formula is C20H19N5S. The Morgan fingerprint density at radius 2 is 1.92 bits per heavy atom. The molecule has 4 aromatic rings. The Morgan fingerprint density at radius 3 is 2.69 bits per heavy atom. The molecule has 0 spiro atoms. The third kappa shape index (κ3) is 2.76. The molecule has 1 aromatic carbocycles. The first-order valence-electron chi connectivity index (χ1n) is 8.90. The molecule has 1 aliphatic heterocycles. The number of thiophene rings is 1. The zero-order chi connectivity index (χ0) is 17.3. The molecule has 6 heteroatoms. The van der Waals surface area contributed by atoms with Gasteiger partial charge < -0.3 is 9.47 Å². The molecule has 1 saturated heterocycles. The van der Waals surface area contributed by atoms with E-state index in [1.54, 1.807) is 11.3 Å². The van der Waals surface area contributed by atoms with Crippen LogP contribution in [0.25, 0.3) is 22.3 Å². The van der Waals surface area contributed by atoms with E-state index in [2.05, 4.69) is 55.7 Å². The van der Waals surface area contributed by atoms with E-state index in [1.165, 1.54) is 0 Å². The molecule has 5 rings (SSSR count). The Morgan fingerprint density at radius 1 is 1.04 bits per heavy atom. The molecular weight excluding hydrogens is 342 g/mol. The number of fused-ring (bicyclic) bond motifs is 1. The zero-order valence-electron chi connectivity index (χ0n) is 14.3. The van der Waals surface area contributed by atoms with Crippen molar-refractivity contribution >= 4 is 28.1 Å². The van der Waals surface area contributed by atoms with Crippen molar-refractivity contribution in [2.24, 2.45) is 0 Å². The lowest BCUT2D eigenvalue weighted by molar-refractivity contribution is 0.395. The third-order valence-electron chi connectivity index (χ3n) is 5.07. The van der Waals surface area contributed by atoms with Gasteiger partial charge in [-0.25, -0.2) is 15.0 Å². The van der Waals surface area contributed by atoms with Gasteiger partial charge in [0.05, 0.1) is 11.8 Å². The summed E-state index contributed by atoms with van der Waals surface area (Å²) < 4.78 is 2.23. The van der Waals surface area contributed by atoms with E-state index in [4.69, 9.17) is 9.97 Å². The molecule has 0 unspecified atom stereocenters. The van der Waals surface area contributed by atoms with E-state index >= 15 is 0 Å². The Labute approximate surface area is 156 Å². The van der Waals surface area contributed by atoms with Crippen LogP contribution < -0.4 is 4.90 Å². The number of benzene rings is 1. The molecule has 0 bridgehead atoms. The van der Waals surface area contributed by atoms with Crippen molar-refractivity contribution in [2.45, 2.75) is 18.9 Å². The summed E-state index contributed by atoms with van der Waals surface area (Å²) in [4.78, 5) is 16.3. The van der Waals surface area contributed by atoms with E-state index in [0.29, 0.717) is 6.04 Å². The smallest absolute Gasteiger partial charge is 0.162 e. The van der Waals surface area contributed by atoms with Gasteiger partial charge in [0.15, 0.2) is 5.82 Å². The minimum atomic E-state index is 0.526. The standard InChI is InChI=1S/C20H19N5S/c1-2-4-18-17(3-1)20(23-19(22-18)15-7-12-26-13-15)24-9-5-16(6-10-24)25-11-8-21-14-25/h1-4,7-8,11-14,16H,5-6,9-10H2. The van der Waals surface area contributed by atoms with Gasteiger partial charge in [-0.05, 0) is 36.4 Å². The first-order valence-corrected chi connectivity index (χ1v) is 9.84. The highest BCUT2D eigenvalue weighted by molar-refractivity contribution is 7.08. The van der Waals surface area contributed by atoms with Gasteiger partial charge in [0.25, 0.3) is 0 Å². The van der Waals surface area contributed by atoms with Crippen LogP contribution in [0.5, 0.6) is 0 Å². The lowest BCUT2D eigenvalue weighted by atomic mass is 10.0. The molecule has 1 aliphatic rings. The summed E-state index contributed by atoms with van der Waals surface area (Å²) in [5, 5.41) is 5.32. The maximum absolute atomic E-state index is 4.96. The van der Waals surface area contributed by atoms with Crippen LogP contribution in [0, 0.1) is 0 Å². The summed E-state index contributed by atoms with van der Waals surface area (Å²) in [6, 6.07) is 10.9. The minimum absolute atomic E-state index is 0.526. The summed E-state index contributed by atoms with van der Waals surface area (Å²) in [6.45, 7) is 1.99. The Kier molecular flexibility index (Phi) is 3.90. The third-order valence-corrected chi connectivity index (χ3v) is 5.76. The fraction of sp³-hybridized carbons (Fsp3) is 0.250. The number of aromatic nitrogens is 4. The van der Waals surface area contributed by atoms with E-state index in [0.717, 1.165) is 54.0 Å². The van der Waals surface area contributed by atoms with Gasteiger partial charge in [-0.2, -0.15) is 11.3 Å². The first kappa shape index (κ1) is 15.5. The van der Waals surface area contributed by atoms with Gasteiger partial charge in [-0.15, -0.1) is 0 Å². The van der Waals surface area contributed by atoms with Crippen molar-refractivity contribution in [2.75, 3.05) is 18.0 Å². The Bertz CT molecular complexity index is 1000. The van der Waals surface area contributed by atoms with Crippen LogP contribution >= 0.6 is 11.3 Å². The van der Waals surface area contributed by atoms with Crippen molar-refractivity contribution in [1.29, 1.82) is 0 Å². The quantitative estimate of drug-likeness (QED) is 0.543. The van der Waals surface area contributed by atoms with Crippen LogP contribution in [0.1, 0.15) is 18.9 Å². The van der Waals surface area contributed by atoms with Gasteiger partial charge >= 0.3 is 0 Å². The number of anilines is 1. The molecule has 0 aliphatic carbocycles. The summed E-state index contributed by atoms with van der Waals surface area (Å²) in [5.41, 5.74) is 2.10. The van der Waals surface area contributed by atoms with E-state index in [1.807, 2.05) is 18.6 Å². The van der Waals surface area contributed by atoms with Crippen LogP contribution in [0.3, 0.4) is 0 Å². The highest BCUT2D eigenvalue weighted by Gasteiger charge is 2.23. The van der Waals surface area contributed by atoms with Gasteiger partial charge in [-0.1, -0.05) is 12.1 Å². The molecule has 5 nitrogen and oxygen atoms in total. The maximum atomic E-state index is 4.96. The van der Waals surface area contributed by atoms with Crippen molar-refractivity contribution in [3.8, 4) is 11.4 Å². The second kappa shape index (κ2) is 6.53. The van der Waals surface area contributed by atoms with Crippen LogP contribution in [0.15, 0.2) is 59.8 Å². The second-order valence-electron chi connectivity index (χ2n) is 6.63. The monoisotopic (exact) mass is 361 g/mol. The molecule has 130 valence electrons. The molecule has 0 radical (unpaired) electrons. The number of hydrogen-bond acceptors (Lipinski definition) is 5. The summed E-state index contributed by atoms with van der Waals surface area (Å²) in [7, 11) is 0. The highest BCUT2D eigenvalue weighted by atomic mass is 32.1. The average Bonchev–Trinajstić information content (AvgIpc) is 3.41. The first-order chi connectivity index (χ1) is 12.9. The lowest BCUT2D eigenvalue weighted by Crippen LogP contribution is -2.35. The van der Waals surface area contributed by atoms with Crippen LogP contribution in [-0.2, 0) is 0 Å². The second-order valence-corrected chi connectivity index (χ2v) is 7.41. The summed E-state index contributed by atoms with van der Waals surface area (Å²) in [6.07, 6.45) is 8.05. The molecule has 1 fully saturated rings. The van der Waals surface area contributed by atoms with Gasteiger partial charge in [-0.3, -0.25) is 0 Å². The average molecular weight is 361 g/mol. The van der Waals surface area contributed by atoms with Crippen molar-refractivity contribution < 1.29 is 0 Å². The highest BCUT2D eigenvalue weighted by Crippen LogP contribution is 2.32. The summed E-state index contributed by atoms with van der Waals surface area (Å²) in [5.74, 6) is 1.87. The molecule has 4 heterocycles. The van der Waals surface area contributed by atoms with E-state index in [-0.39, 0.29) is 0 Å². The van der Waals surface area contributed by atoms with Crippen LogP contribution in [0.4, 0.5) is 5.82 Å². The number of para-hydroxylation sites is 1. The minimum Gasteiger partial charge on any atom is -0.356 e. The Balaban J connectivity index is 1.50. The van der Waals surface area contributed by atoms with Gasteiger partial charge in [0.2, 0.25) is 0 Å². The summed E-state index contributed by atoms with van der Waals surface area (Å²) >= 11 is 1.68. The van der Waals surface area contributed by atoms with E-state index in [9.17, 15) is 0 Å². The predicted octanol–water partition coefficient (Wildman–Crippen LogP) is 4.40. The SMILES string of the molecule is c1ccc2c(N3CCC(n4ccnc4)CC3)nc(-c3ccsc3)nc2c1.